The molecule has 154 valence electrons. The Morgan fingerprint density at radius 2 is 2.00 bits per heavy atom. The first-order chi connectivity index (χ1) is 13.9. The number of aromatic amines is 1. The minimum Gasteiger partial charge on any atom is -0.361 e. The molecule has 0 aliphatic carbocycles. The van der Waals surface area contributed by atoms with Gasteiger partial charge in [0.2, 0.25) is 0 Å². The van der Waals surface area contributed by atoms with E-state index in [1.807, 2.05) is 6.20 Å². The minimum atomic E-state index is -3.70. The highest BCUT2D eigenvalue weighted by Gasteiger charge is 2.34. The summed E-state index contributed by atoms with van der Waals surface area (Å²) in [5.74, 6) is -0.234. The molecule has 8 heteroatoms. The van der Waals surface area contributed by atoms with Crippen LogP contribution in [-0.4, -0.2) is 47.8 Å². The zero-order valence-corrected chi connectivity index (χ0v) is 17.5. The van der Waals surface area contributed by atoms with Gasteiger partial charge < -0.3 is 9.88 Å². The molecule has 1 fully saturated rings. The third-order valence-corrected chi connectivity index (χ3v) is 7.90. The van der Waals surface area contributed by atoms with Crippen molar-refractivity contribution in [3.05, 3.63) is 66.1 Å². The van der Waals surface area contributed by atoms with Gasteiger partial charge in [0.25, 0.3) is 10.0 Å². The van der Waals surface area contributed by atoms with Crippen molar-refractivity contribution >= 4 is 32.7 Å². The van der Waals surface area contributed by atoms with Crippen LogP contribution in [-0.2, 0) is 16.4 Å². The van der Waals surface area contributed by atoms with Gasteiger partial charge in [0.1, 0.15) is 5.82 Å². The zero-order valence-electron chi connectivity index (χ0n) is 15.9. The molecule has 2 heterocycles. The van der Waals surface area contributed by atoms with Gasteiger partial charge in [0.15, 0.2) is 0 Å². The van der Waals surface area contributed by atoms with Gasteiger partial charge in [0, 0.05) is 23.6 Å². The number of hydrogen-bond acceptors (Lipinski definition) is 3. The summed E-state index contributed by atoms with van der Waals surface area (Å²) in [5.41, 5.74) is 2.03. The average Bonchev–Trinajstić information content (AvgIpc) is 3.35. The normalized spacial score (nSPS) is 18.1. The van der Waals surface area contributed by atoms with Crippen LogP contribution in [0.3, 0.4) is 0 Å². The van der Waals surface area contributed by atoms with Crippen LogP contribution in [0.5, 0.6) is 0 Å². The van der Waals surface area contributed by atoms with Gasteiger partial charge in [-0.05, 0) is 80.0 Å². The molecular weight excluding hydrogens is 413 g/mol. The van der Waals surface area contributed by atoms with Gasteiger partial charge in [-0.1, -0.05) is 18.2 Å². The van der Waals surface area contributed by atoms with Crippen molar-refractivity contribution in [1.29, 1.82) is 0 Å². The summed E-state index contributed by atoms with van der Waals surface area (Å²) < 4.78 is 39.9. The van der Waals surface area contributed by atoms with E-state index in [0.29, 0.717) is 13.0 Å². The summed E-state index contributed by atoms with van der Waals surface area (Å²) >= 11 is 6.25. The Morgan fingerprint density at radius 1 is 1.21 bits per heavy atom. The fourth-order valence-corrected chi connectivity index (χ4v) is 5.59. The fourth-order valence-electron chi connectivity index (χ4n) is 3.92. The van der Waals surface area contributed by atoms with E-state index in [2.05, 4.69) is 9.88 Å². The summed E-state index contributed by atoms with van der Waals surface area (Å²) in [6.45, 7) is 2.26. The number of aryl methyl sites for hydroxylation is 1. The first-order valence-electron chi connectivity index (χ1n) is 9.68. The first kappa shape index (κ1) is 20.3. The van der Waals surface area contributed by atoms with Crippen LogP contribution in [0.25, 0.3) is 10.9 Å². The lowest BCUT2D eigenvalue weighted by atomic mass is 10.1. The van der Waals surface area contributed by atoms with E-state index in [1.165, 1.54) is 6.07 Å². The molecule has 0 amide bonds. The monoisotopic (exact) mass is 435 g/mol. The van der Waals surface area contributed by atoms with Crippen LogP contribution in [0.1, 0.15) is 18.4 Å². The molecule has 3 aromatic rings. The number of halogens is 2. The molecule has 1 N–H and O–H groups in total. The Labute approximate surface area is 175 Å². The third kappa shape index (κ3) is 4.33. The van der Waals surface area contributed by atoms with Crippen molar-refractivity contribution < 1.29 is 12.8 Å². The van der Waals surface area contributed by atoms with E-state index in [0.717, 1.165) is 46.2 Å². The summed E-state index contributed by atoms with van der Waals surface area (Å²) in [6.07, 6.45) is 4.37. The number of nitrogens with one attached hydrogen (secondary N) is 1. The molecule has 5 nitrogen and oxygen atoms in total. The quantitative estimate of drug-likeness (QED) is 0.567. The Kier molecular flexibility index (Phi) is 5.92. The predicted octanol–water partition coefficient (Wildman–Crippen LogP) is 4.16. The van der Waals surface area contributed by atoms with E-state index in [9.17, 15) is 12.8 Å². The number of sulfonamides is 1. The highest BCUT2D eigenvalue weighted by atomic mass is 35.5. The predicted molar refractivity (Wildman–Crippen MR) is 113 cm³/mol. The van der Waals surface area contributed by atoms with Crippen LogP contribution >= 0.6 is 11.8 Å². The van der Waals surface area contributed by atoms with Gasteiger partial charge in [-0.15, -0.1) is 3.82 Å². The van der Waals surface area contributed by atoms with Crippen LogP contribution in [0.2, 0.25) is 0 Å². The van der Waals surface area contributed by atoms with Gasteiger partial charge in [-0.2, -0.15) is 0 Å². The van der Waals surface area contributed by atoms with E-state index in [1.54, 1.807) is 42.5 Å². The molecule has 1 unspecified atom stereocenters. The number of likely N-dealkylation sites (tertiary alicyclic amines) is 1. The van der Waals surface area contributed by atoms with E-state index >= 15 is 0 Å². The number of fused-ring (bicyclic) bond motifs is 1. The Morgan fingerprint density at radius 3 is 2.79 bits per heavy atom. The number of nitrogens with zero attached hydrogens (tertiary/aromatic N) is 2. The van der Waals surface area contributed by atoms with Gasteiger partial charge >= 0.3 is 0 Å². The zero-order chi connectivity index (χ0) is 20.4. The largest absolute Gasteiger partial charge is 0.361 e. The molecule has 4 rings (SSSR count). The Bertz CT molecular complexity index is 1090. The highest BCUT2D eigenvalue weighted by molar-refractivity contribution is 7.90. The summed E-state index contributed by atoms with van der Waals surface area (Å²) in [5, 5.41) is 0.921. The molecule has 0 radical (unpaired) electrons. The van der Waals surface area contributed by atoms with Crippen molar-refractivity contribution in [3.63, 3.8) is 0 Å². The van der Waals surface area contributed by atoms with E-state index in [4.69, 9.17) is 11.8 Å². The van der Waals surface area contributed by atoms with Gasteiger partial charge in [0.05, 0.1) is 10.9 Å². The Balaban J connectivity index is 1.32. The van der Waals surface area contributed by atoms with Crippen molar-refractivity contribution in [2.75, 3.05) is 19.6 Å². The minimum absolute atomic E-state index is 0.208. The number of H-pyrrole nitrogens is 1. The maximum Gasteiger partial charge on any atom is 0.256 e. The van der Waals surface area contributed by atoms with Crippen molar-refractivity contribution in [3.8, 4) is 0 Å². The molecule has 1 saturated heterocycles. The molecule has 0 spiro atoms. The second-order valence-corrected chi connectivity index (χ2v) is 9.79. The third-order valence-electron chi connectivity index (χ3n) is 5.46. The number of rotatable bonds is 7. The molecule has 1 aliphatic heterocycles. The van der Waals surface area contributed by atoms with Crippen LogP contribution in [0.4, 0.5) is 4.39 Å². The molecule has 2 aromatic carbocycles. The molecule has 1 aromatic heterocycles. The number of aromatic nitrogens is 1. The summed E-state index contributed by atoms with van der Waals surface area (Å²) in [7, 11) is -3.70. The lowest BCUT2D eigenvalue weighted by Crippen LogP contribution is -2.35. The maximum absolute atomic E-state index is 13.5. The lowest BCUT2D eigenvalue weighted by Gasteiger charge is -2.21. The fraction of sp³-hybridized carbons (Fsp3) is 0.333. The molecule has 29 heavy (non-hydrogen) atoms. The molecule has 1 atom stereocenters. The maximum atomic E-state index is 13.5. The molecule has 0 saturated carbocycles. The van der Waals surface area contributed by atoms with Crippen LogP contribution in [0.15, 0.2) is 59.6 Å². The smallest absolute Gasteiger partial charge is 0.256 e. The van der Waals surface area contributed by atoms with Crippen molar-refractivity contribution in [1.82, 2.24) is 13.7 Å². The average molecular weight is 436 g/mol. The van der Waals surface area contributed by atoms with Crippen molar-refractivity contribution in [2.45, 2.75) is 30.2 Å². The van der Waals surface area contributed by atoms with Gasteiger partial charge in [-0.25, -0.2) is 12.8 Å². The second kappa shape index (κ2) is 8.44. The number of benzene rings is 2. The summed E-state index contributed by atoms with van der Waals surface area (Å²) in [4.78, 5) is 5.62. The highest BCUT2D eigenvalue weighted by Crippen LogP contribution is 2.26. The summed E-state index contributed by atoms with van der Waals surface area (Å²) in [6, 6.07) is 12.8. The van der Waals surface area contributed by atoms with Gasteiger partial charge in [-0.3, -0.25) is 0 Å². The second-order valence-electron chi connectivity index (χ2n) is 7.41. The van der Waals surface area contributed by atoms with Crippen LogP contribution in [0, 0.1) is 5.82 Å². The standard InChI is InChI=1S/C21H23ClFN3O2S/c22-26(29(27,28)19-6-2-1-3-7-19)18-10-12-25(15-18)11-4-5-16-14-24-21-9-8-17(23)13-20(16)21/h1-3,6-9,13-14,18,24H,4-5,10-12,15H2. The SMILES string of the molecule is O=S(=O)(c1ccccc1)N(Cl)C1CCN(CCCc2c[nH]c3ccc(F)cc23)C1. The van der Waals surface area contributed by atoms with E-state index < -0.39 is 10.0 Å². The number of hydrogen-bond donors (Lipinski definition) is 1. The van der Waals surface area contributed by atoms with E-state index in [-0.39, 0.29) is 16.8 Å². The molecular formula is C21H23ClFN3O2S. The molecule has 1 aliphatic rings. The molecule has 0 bridgehead atoms. The van der Waals surface area contributed by atoms with Crippen molar-refractivity contribution in [2.24, 2.45) is 0 Å². The Hall–Kier alpha value is -1.93. The first-order valence-corrected chi connectivity index (χ1v) is 11.5. The van der Waals surface area contributed by atoms with Crippen LogP contribution < -0.4 is 0 Å². The topological polar surface area (TPSA) is 56.4 Å². The lowest BCUT2D eigenvalue weighted by molar-refractivity contribution is 0.317.